The first-order valence-corrected chi connectivity index (χ1v) is 11.9. The van der Waals surface area contributed by atoms with Crippen LogP contribution in [-0.4, -0.2) is 59.2 Å². The highest BCUT2D eigenvalue weighted by atomic mass is 16.5. The van der Waals surface area contributed by atoms with Crippen LogP contribution in [0.4, 0.5) is 11.6 Å². The number of anilines is 2. The molecule has 1 saturated heterocycles. The van der Waals surface area contributed by atoms with Crippen molar-refractivity contribution in [1.82, 2.24) is 20.2 Å². The van der Waals surface area contributed by atoms with Crippen molar-refractivity contribution in [3.8, 4) is 11.5 Å². The van der Waals surface area contributed by atoms with Crippen molar-refractivity contribution in [2.75, 3.05) is 37.7 Å². The zero-order chi connectivity index (χ0) is 25.3. The number of likely N-dealkylation sites (N-methyl/N-ethyl adjacent to an activating group) is 1. The maximum Gasteiger partial charge on any atom is 0.246 e. The molecule has 4 rings (SSSR count). The van der Waals surface area contributed by atoms with Crippen LogP contribution in [0.1, 0.15) is 24.0 Å². The predicted octanol–water partition coefficient (Wildman–Crippen LogP) is 3.45. The molecule has 36 heavy (non-hydrogen) atoms. The van der Waals surface area contributed by atoms with Gasteiger partial charge in [0.05, 0.1) is 11.3 Å². The van der Waals surface area contributed by atoms with E-state index in [-0.39, 0.29) is 23.5 Å². The lowest BCUT2D eigenvalue weighted by Crippen LogP contribution is -2.45. The molecule has 0 aliphatic carbocycles. The van der Waals surface area contributed by atoms with Gasteiger partial charge in [0.2, 0.25) is 5.91 Å². The second-order valence-electron chi connectivity index (χ2n) is 8.52. The number of ether oxygens (including phenoxy) is 1. The van der Waals surface area contributed by atoms with Crippen LogP contribution in [0.25, 0.3) is 0 Å². The Morgan fingerprint density at radius 1 is 1.17 bits per heavy atom. The Balaban J connectivity index is 1.47. The van der Waals surface area contributed by atoms with Gasteiger partial charge in [-0.05, 0) is 56.3 Å². The summed E-state index contributed by atoms with van der Waals surface area (Å²) in [5.41, 5.74) is 7.51. The van der Waals surface area contributed by atoms with Gasteiger partial charge in [-0.15, -0.1) is 0 Å². The number of aromatic nitrogens is 2. The van der Waals surface area contributed by atoms with Crippen LogP contribution in [-0.2, 0) is 4.79 Å². The van der Waals surface area contributed by atoms with Gasteiger partial charge in [0.1, 0.15) is 29.5 Å². The average molecular weight is 486 g/mol. The Bertz CT molecular complexity index is 1210. The molecule has 1 unspecified atom stereocenters. The Morgan fingerprint density at radius 2 is 1.92 bits per heavy atom. The highest BCUT2D eigenvalue weighted by Crippen LogP contribution is 2.26. The number of carbonyl (C=O) groups is 1. The number of carbonyl (C=O) groups excluding carboxylic acids is 1. The summed E-state index contributed by atoms with van der Waals surface area (Å²) in [4.78, 5) is 22.9. The molecule has 0 saturated carbocycles. The zero-order valence-electron chi connectivity index (χ0n) is 20.3. The van der Waals surface area contributed by atoms with Crippen LogP contribution in [0.2, 0.25) is 0 Å². The van der Waals surface area contributed by atoms with Gasteiger partial charge in [-0.1, -0.05) is 24.3 Å². The van der Waals surface area contributed by atoms with Gasteiger partial charge >= 0.3 is 0 Å². The van der Waals surface area contributed by atoms with Gasteiger partial charge < -0.3 is 26.0 Å². The summed E-state index contributed by atoms with van der Waals surface area (Å²) >= 11 is 0. The topological polar surface area (TPSA) is 129 Å². The molecule has 2 aromatic carbocycles. The number of likely N-dealkylation sites (tertiary alicyclic amines) is 1. The van der Waals surface area contributed by atoms with E-state index >= 15 is 0 Å². The summed E-state index contributed by atoms with van der Waals surface area (Å²) in [6, 6.07) is 16.8. The molecule has 1 amide bonds. The summed E-state index contributed by atoms with van der Waals surface area (Å²) in [6.45, 7) is 1.91. The molecule has 5 N–H and O–H groups in total. The zero-order valence-corrected chi connectivity index (χ0v) is 20.3. The number of rotatable bonds is 9. The number of hydrogen-bond donors (Lipinski definition) is 4. The molecule has 2 heterocycles. The Hall–Kier alpha value is -4.24. The van der Waals surface area contributed by atoms with Crippen molar-refractivity contribution in [3.63, 3.8) is 0 Å². The first-order valence-electron chi connectivity index (χ1n) is 11.9. The van der Waals surface area contributed by atoms with E-state index in [0.717, 1.165) is 18.6 Å². The Morgan fingerprint density at radius 3 is 2.67 bits per heavy atom. The highest BCUT2D eigenvalue weighted by molar-refractivity contribution is 6.16. The summed E-state index contributed by atoms with van der Waals surface area (Å²) in [5, 5.41) is 15.2. The quantitative estimate of drug-likeness (QED) is 0.270. The lowest BCUT2D eigenvalue weighted by Gasteiger charge is -2.33. The van der Waals surface area contributed by atoms with Gasteiger partial charge in [-0.3, -0.25) is 10.2 Å². The van der Waals surface area contributed by atoms with E-state index in [1.807, 2.05) is 72.6 Å². The van der Waals surface area contributed by atoms with E-state index in [9.17, 15) is 4.79 Å². The number of nitrogens with two attached hydrogens (primary N) is 1. The molecule has 0 radical (unpaired) electrons. The lowest BCUT2D eigenvalue weighted by atomic mass is 10.0. The minimum Gasteiger partial charge on any atom is -0.457 e. The Labute approximate surface area is 210 Å². The lowest BCUT2D eigenvalue weighted by molar-refractivity contribution is -0.127. The van der Waals surface area contributed by atoms with Crippen molar-refractivity contribution in [3.05, 3.63) is 84.2 Å². The molecule has 186 valence electrons. The predicted molar refractivity (Wildman–Crippen MR) is 142 cm³/mol. The minimum absolute atomic E-state index is 0.00951. The molecule has 1 fully saturated rings. The van der Waals surface area contributed by atoms with Crippen molar-refractivity contribution >= 4 is 23.3 Å². The molecular weight excluding hydrogens is 454 g/mol. The van der Waals surface area contributed by atoms with E-state index in [0.29, 0.717) is 42.3 Å². The van der Waals surface area contributed by atoms with Crippen LogP contribution in [0.15, 0.2) is 73.1 Å². The molecule has 9 nitrogen and oxygen atoms in total. The van der Waals surface area contributed by atoms with Crippen molar-refractivity contribution < 1.29 is 9.53 Å². The molecule has 1 atom stereocenters. The molecule has 9 heteroatoms. The van der Waals surface area contributed by atoms with Crippen LogP contribution >= 0.6 is 0 Å². The monoisotopic (exact) mass is 485 g/mol. The third kappa shape index (κ3) is 6.25. The standard InChI is InChI=1S/C27H31N7O2/c1-30-15-5-10-23(35)34-16-6-7-20(17-34)33-27-24(26(29)31-18-32-27)25(28)19-11-13-22(14-12-19)36-21-8-3-2-4-9-21/h2-5,8-14,18,20,28,30H,6-7,15-17H2,1H3,(H3,29,31,32,33)/b10-5+,28-25?. The first kappa shape index (κ1) is 24.9. The summed E-state index contributed by atoms with van der Waals surface area (Å²) < 4.78 is 5.85. The number of piperidine rings is 1. The smallest absolute Gasteiger partial charge is 0.246 e. The highest BCUT2D eigenvalue weighted by Gasteiger charge is 2.25. The minimum atomic E-state index is -0.0112. The molecule has 3 aromatic rings. The van der Waals surface area contributed by atoms with Crippen LogP contribution in [0.5, 0.6) is 11.5 Å². The second kappa shape index (κ2) is 11.9. The number of hydrogen-bond acceptors (Lipinski definition) is 8. The SMILES string of the molecule is CNC/C=C/C(=O)N1CCCC(Nc2ncnc(N)c2C(=N)c2ccc(Oc3ccccc3)cc2)C1. The van der Waals surface area contributed by atoms with Gasteiger partial charge in [0.15, 0.2) is 0 Å². The fourth-order valence-corrected chi connectivity index (χ4v) is 4.09. The first-order chi connectivity index (χ1) is 17.5. The second-order valence-corrected chi connectivity index (χ2v) is 8.52. The number of nitrogen functional groups attached to an aromatic ring is 1. The Kier molecular flexibility index (Phi) is 8.25. The number of benzene rings is 2. The third-order valence-electron chi connectivity index (χ3n) is 5.90. The van der Waals surface area contributed by atoms with E-state index in [1.54, 1.807) is 6.08 Å². The summed E-state index contributed by atoms with van der Waals surface area (Å²) in [5.74, 6) is 2.11. The summed E-state index contributed by atoms with van der Waals surface area (Å²) in [7, 11) is 1.84. The molecule has 1 aliphatic rings. The molecule has 1 aliphatic heterocycles. The normalized spacial score (nSPS) is 15.6. The number of amides is 1. The number of para-hydroxylation sites is 1. The van der Waals surface area contributed by atoms with E-state index in [1.165, 1.54) is 6.33 Å². The summed E-state index contributed by atoms with van der Waals surface area (Å²) in [6.07, 6.45) is 6.57. The van der Waals surface area contributed by atoms with Crippen LogP contribution < -0.4 is 21.1 Å². The molecule has 0 spiro atoms. The van der Waals surface area contributed by atoms with Crippen molar-refractivity contribution in [2.24, 2.45) is 0 Å². The van der Waals surface area contributed by atoms with E-state index in [2.05, 4.69) is 20.6 Å². The largest absolute Gasteiger partial charge is 0.457 e. The maximum atomic E-state index is 12.5. The van der Waals surface area contributed by atoms with Crippen molar-refractivity contribution in [2.45, 2.75) is 18.9 Å². The average Bonchev–Trinajstić information content (AvgIpc) is 2.90. The molecular formula is C27H31N7O2. The van der Waals surface area contributed by atoms with Gasteiger partial charge in [0, 0.05) is 37.3 Å². The van der Waals surface area contributed by atoms with Gasteiger partial charge in [0.25, 0.3) is 0 Å². The van der Waals surface area contributed by atoms with E-state index < -0.39 is 0 Å². The molecule has 1 aromatic heterocycles. The third-order valence-corrected chi connectivity index (χ3v) is 5.90. The van der Waals surface area contributed by atoms with Gasteiger partial charge in [-0.2, -0.15) is 0 Å². The van der Waals surface area contributed by atoms with Gasteiger partial charge in [-0.25, -0.2) is 9.97 Å². The number of nitrogens with zero attached hydrogens (tertiary/aromatic N) is 3. The van der Waals surface area contributed by atoms with Crippen molar-refractivity contribution in [1.29, 1.82) is 5.41 Å². The number of nitrogens with one attached hydrogen (secondary N) is 3. The fourth-order valence-electron chi connectivity index (χ4n) is 4.09. The maximum absolute atomic E-state index is 12.5. The fraction of sp³-hybridized carbons (Fsp3) is 0.259. The van der Waals surface area contributed by atoms with E-state index in [4.69, 9.17) is 15.9 Å². The van der Waals surface area contributed by atoms with Crippen LogP contribution in [0, 0.1) is 5.41 Å². The molecule has 0 bridgehead atoms. The van der Waals surface area contributed by atoms with Crippen LogP contribution in [0.3, 0.4) is 0 Å².